The number of hydrogen-bond acceptors (Lipinski definition) is 9. The number of hydrogen-bond donors (Lipinski definition) is 3. The summed E-state index contributed by atoms with van der Waals surface area (Å²) in [4.78, 5) is 32.3. The second-order valence-corrected chi connectivity index (χ2v) is 8.05. The van der Waals surface area contributed by atoms with Crippen LogP contribution in [-0.2, 0) is 9.84 Å². The Morgan fingerprint density at radius 3 is 2.30 bits per heavy atom. The summed E-state index contributed by atoms with van der Waals surface area (Å²) in [5.41, 5.74) is 3.40. The molecule has 2 aromatic rings. The maximum absolute atomic E-state index is 13.5. The molecule has 160 valence electrons. The smallest absolute Gasteiger partial charge is 0.295 e. The number of nitrogens with zero attached hydrogens (tertiary/aromatic N) is 2. The molecule has 30 heavy (non-hydrogen) atoms. The summed E-state index contributed by atoms with van der Waals surface area (Å²) in [7, 11) is -3.64. The van der Waals surface area contributed by atoms with E-state index in [2.05, 4.69) is 10.6 Å². The van der Waals surface area contributed by atoms with Crippen molar-refractivity contribution in [3.63, 3.8) is 0 Å². The number of benzene rings is 2. The van der Waals surface area contributed by atoms with Gasteiger partial charge in [-0.05, 0) is 18.2 Å². The molecule has 2 aromatic carbocycles. The van der Waals surface area contributed by atoms with E-state index in [1.54, 1.807) is 0 Å². The summed E-state index contributed by atoms with van der Waals surface area (Å²) >= 11 is 0. The van der Waals surface area contributed by atoms with Crippen LogP contribution in [0.3, 0.4) is 0 Å². The predicted octanol–water partition coefficient (Wildman–Crippen LogP) is 1.47. The van der Waals surface area contributed by atoms with Crippen LogP contribution in [0.25, 0.3) is 0 Å². The predicted molar refractivity (Wildman–Crippen MR) is 104 cm³/mol. The zero-order chi connectivity index (χ0) is 22.6. The number of nitrogens with one attached hydrogen (secondary N) is 2. The Kier molecular flexibility index (Phi) is 6.51. The molecule has 0 fully saturated rings. The maximum Gasteiger partial charge on any atom is 0.295 e. The highest BCUT2D eigenvalue weighted by molar-refractivity contribution is 7.90. The van der Waals surface area contributed by atoms with Crippen molar-refractivity contribution in [2.24, 2.45) is 0 Å². The van der Waals surface area contributed by atoms with Crippen molar-refractivity contribution < 1.29 is 27.4 Å². The van der Waals surface area contributed by atoms with E-state index in [0.29, 0.717) is 6.07 Å². The van der Waals surface area contributed by atoms with Crippen molar-refractivity contribution in [3.8, 4) is 0 Å². The lowest BCUT2D eigenvalue weighted by atomic mass is 10.1. The Morgan fingerprint density at radius 2 is 1.73 bits per heavy atom. The molecule has 0 aliphatic rings. The van der Waals surface area contributed by atoms with Crippen molar-refractivity contribution in [2.45, 2.75) is 4.90 Å². The summed E-state index contributed by atoms with van der Waals surface area (Å²) in [6.45, 7) is -0.129. The molecule has 0 spiro atoms. The van der Waals surface area contributed by atoms with E-state index in [9.17, 15) is 37.8 Å². The third kappa shape index (κ3) is 5.16. The number of nitrogen functional groups attached to an aromatic ring is 1. The quantitative estimate of drug-likeness (QED) is 0.236. The van der Waals surface area contributed by atoms with E-state index in [1.165, 1.54) is 12.1 Å². The lowest BCUT2D eigenvalue weighted by molar-refractivity contribution is -0.384. The number of carbonyl (C=O) groups excluding carboxylic acids is 1. The number of nitro groups is 2. The van der Waals surface area contributed by atoms with Gasteiger partial charge in [0, 0.05) is 25.4 Å². The monoisotopic (exact) mass is 441 g/mol. The number of rotatable bonds is 8. The fraction of sp³-hybridized carbons (Fsp3) is 0.188. The normalized spacial score (nSPS) is 11.0. The minimum atomic E-state index is -3.64. The van der Waals surface area contributed by atoms with Crippen molar-refractivity contribution in [2.75, 3.05) is 30.4 Å². The van der Waals surface area contributed by atoms with E-state index in [0.717, 1.165) is 18.4 Å². The Labute approximate surface area is 169 Å². The van der Waals surface area contributed by atoms with Gasteiger partial charge in [-0.25, -0.2) is 12.8 Å². The number of nitrogens with two attached hydrogens (primary N) is 1. The summed E-state index contributed by atoms with van der Waals surface area (Å²) in [5, 5.41) is 27.1. The molecule has 0 aromatic heterocycles. The fourth-order valence-corrected chi connectivity index (χ4v) is 3.09. The first-order chi connectivity index (χ1) is 13.9. The van der Waals surface area contributed by atoms with E-state index < -0.39 is 54.0 Å². The second-order valence-electron chi connectivity index (χ2n) is 6.03. The summed E-state index contributed by atoms with van der Waals surface area (Å²) in [5.74, 6) is -1.89. The highest BCUT2D eigenvalue weighted by atomic mass is 32.2. The van der Waals surface area contributed by atoms with Gasteiger partial charge in [-0.2, -0.15) is 0 Å². The number of halogens is 1. The van der Waals surface area contributed by atoms with Crippen LogP contribution in [-0.4, -0.2) is 43.5 Å². The van der Waals surface area contributed by atoms with Gasteiger partial charge < -0.3 is 16.4 Å². The van der Waals surface area contributed by atoms with E-state index >= 15 is 0 Å². The van der Waals surface area contributed by atoms with Gasteiger partial charge in [0.1, 0.15) is 17.2 Å². The number of sulfone groups is 1. The molecule has 0 heterocycles. The van der Waals surface area contributed by atoms with Crippen LogP contribution in [0, 0.1) is 26.0 Å². The molecule has 0 aliphatic heterocycles. The first-order valence-electron chi connectivity index (χ1n) is 8.15. The van der Waals surface area contributed by atoms with Crippen LogP contribution in [0.5, 0.6) is 0 Å². The molecule has 0 radical (unpaired) electrons. The molecule has 0 atom stereocenters. The van der Waals surface area contributed by atoms with Crippen LogP contribution in [0.15, 0.2) is 35.2 Å². The standard InChI is InChI=1S/C16H16FN5O7S/c1-30(28,29)10-2-3-12(13(8-10)21(24)25)19-4-5-20-16(23)11-6-9(17)7-14(15(11)18)22(26)27/h2-3,6-8,19H,4-5,18H2,1H3,(H,20,23). The van der Waals surface area contributed by atoms with Crippen molar-refractivity contribution in [3.05, 3.63) is 61.9 Å². The zero-order valence-electron chi connectivity index (χ0n) is 15.4. The van der Waals surface area contributed by atoms with Gasteiger partial charge in [0.25, 0.3) is 17.3 Å². The third-order valence-electron chi connectivity index (χ3n) is 3.88. The van der Waals surface area contributed by atoms with Crippen LogP contribution in [0.1, 0.15) is 10.4 Å². The van der Waals surface area contributed by atoms with E-state index in [4.69, 9.17) is 5.73 Å². The lowest BCUT2D eigenvalue weighted by Crippen LogP contribution is -2.29. The molecule has 0 saturated carbocycles. The van der Waals surface area contributed by atoms with E-state index in [-0.39, 0.29) is 23.7 Å². The number of anilines is 2. The van der Waals surface area contributed by atoms with Gasteiger partial charge in [0.05, 0.1) is 26.4 Å². The molecule has 0 unspecified atom stereocenters. The van der Waals surface area contributed by atoms with Crippen LogP contribution in [0.4, 0.5) is 27.1 Å². The first-order valence-corrected chi connectivity index (χ1v) is 10.0. The minimum Gasteiger partial charge on any atom is -0.393 e. The maximum atomic E-state index is 13.5. The third-order valence-corrected chi connectivity index (χ3v) is 4.99. The van der Waals surface area contributed by atoms with E-state index in [1.807, 2.05) is 0 Å². The SMILES string of the molecule is CS(=O)(=O)c1ccc(NCCNC(=O)c2cc(F)cc([N+](=O)[O-])c2N)c([N+](=O)[O-])c1. The molecule has 4 N–H and O–H groups in total. The molecular weight excluding hydrogens is 425 g/mol. The van der Waals surface area contributed by atoms with Crippen LogP contribution in [0.2, 0.25) is 0 Å². The Bertz CT molecular complexity index is 1140. The second kappa shape index (κ2) is 8.69. The average molecular weight is 441 g/mol. The molecule has 1 amide bonds. The number of nitro benzene ring substituents is 2. The molecule has 0 saturated heterocycles. The summed E-state index contributed by atoms with van der Waals surface area (Å²) in [6.07, 6.45) is 0.914. The Hall–Kier alpha value is -3.81. The molecule has 2 rings (SSSR count). The van der Waals surface area contributed by atoms with Gasteiger partial charge >= 0.3 is 0 Å². The zero-order valence-corrected chi connectivity index (χ0v) is 16.2. The van der Waals surface area contributed by atoms with Crippen LogP contribution < -0.4 is 16.4 Å². The topological polar surface area (TPSA) is 188 Å². The molecular formula is C16H16FN5O7S. The van der Waals surface area contributed by atoms with Gasteiger partial charge in [-0.15, -0.1) is 0 Å². The van der Waals surface area contributed by atoms with Gasteiger partial charge in [-0.1, -0.05) is 0 Å². The highest BCUT2D eigenvalue weighted by Crippen LogP contribution is 2.28. The number of carbonyl (C=O) groups is 1. The van der Waals surface area contributed by atoms with Crippen LogP contribution >= 0.6 is 0 Å². The lowest BCUT2D eigenvalue weighted by Gasteiger charge is -2.10. The van der Waals surface area contributed by atoms with Gasteiger partial charge in [0.15, 0.2) is 9.84 Å². The minimum absolute atomic E-state index is 0.0163. The van der Waals surface area contributed by atoms with Crippen molar-refractivity contribution in [1.82, 2.24) is 5.32 Å². The van der Waals surface area contributed by atoms with Crippen molar-refractivity contribution >= 4 is 38.5 Å². The molecule has 0 bridgehead atoms. The molecule has 0 aliphatic carbocycles. The molecule has 14 heteroatoms. The Morgan fingerprint density at radius 1 is 1.10 bits per heavy atom. The summed E-state index contributed by atoms with van der Waals surface area (Å²) in [6, 6.07) is 4.65. The molecule has 12 nitrogen and oxygen atoms in total. The average Bonchev–Trinajstić information content (AvgIpc) is 2.65. The highest BCUT2D eigenvalue weighted by Gasteiger charge is 2.22. The van der Waals surface area contributed by atoms with Gasteiger partial charge in [-0.3, -0.25) is 25.0 Å². The first kappa shape index (κ1) is 22.5. The largest absolute Gasteiger partial charge is 0.393 e. The summed E-state index contributed by atoms with van der Waals surface area (Å²) < 4.78 is 36.6. The number of amides is 1. The fourth-order valence-electron chi connectivity index (χ4n) is 2.45. The van der Waals surface area contributed by atoms with Crippen molar-refractivity contribution in [1.29, 1.82) is 0 Å². The Balaban J connectivity index is 2.08. The van der Waals surface area contributed by atoms with Gasteiger partial charge in [0.2, 0.25) is 0 Å².